The predicted octanol–water partition coefficient (Wildman–Crippen LogP) is 21.5. The molecule has 8 saturated carbocycles. The van der Waals surface area contributed by atoms with E-state index in [0.717, 1.165) is 104 Å². The van der Waals surface area contributed by atoms with Crippen molar-refractivity contribution in [2.45, 2.75) is 268 Å². The van der Waals surface area contributed by atoms with Gasteiger partial charge in [0.1, 0.15) is 5.76 Å². The maximum absolute atomic E-state index is 12.8. The molecule has 15 nitrogen and oxygen atoms in total. The second-order valence-corrected chi connectivity index (χ2v) is 40.6. The lowest BCUT2D eigenvalue weighted by molar-refractivity contribution is -0.193. The van der Waals surface area contributed by atoms with Gasteiger partial charge in [-0.15, -0.1) is 0 Å². The van der Waals surface area contributed by atoms with Crippen LogP contribution in [0.1, 0.15) is 279 Å². The molecule has 114 heavy (non-hydrogen) atoms. The van der Waals surface area contributed by atoms with Gasteiger partial charge in [-0.1, -0.05) is 132 Å². The number of allylic oxidation sites excluding steroid dienone is 8. The van der Waals surface area contributed by atoms with Crippen LogP contribution in [-0.2, 0) is 52.5 Å². The number of halogens is 3. The van der Waals surface area contributed by atoms with Gasteiger partial charge in [0.25, 0.3) is 0 Å². The van der Waals surface area contributed by atoms with Gasteiger partial charge < -0.3 is 18.8 Å². The van der Waals surface area contributed by atoms with E-state index in [9.17, 15) is 36.3 Å². The van der Waals surface area contributed by atoms with Crippen LogP contribution in [0.3, 0.4) is 0 Å². The van der Waals surface area contributed by atoms with E-state index in [-0.39, 0.29) is 64.0 Å². The number of carbonyl (C=O) groups is 2. The fourth-order valence-electron chi connectivity index (χ4n) is 29.2. The van der Waals surface area contributed by atoms with E-state index in [1.165, 1.54) is 144 Å². The Hall–Kier alpha value is -6.39. The number of aliphatic hydroxyl groups is 1. The van der Waals surface area contributed by atoms with Crippen LogP contribution >= 0.6 is 0 Å². The molecule has 1 N–H and O–H groups in total. The minimum Gasteiger partial charge on any atom is -0.466 e. The van der Waals surface area contributed by atoms with Crippen molar-refractivity contribution in [2.24, 2.45) is 138 Å². The third-order valence-electron chi connectivity index (χ3n) is 35.0. The Balaban J connectivity index is 0.000000137. The Kier molecular flexibility index (Phi) is 26.6. The fourth-order valence-corrected chi connectivity index (χ4v) is 29.8. The summed E-state index contributed by atoms with van der Waals surface area (Å²) in [4.78, 5) is 69.6. The van der Waals surface area contributed by atoms with E-state index < -0.39 is 21.0 Å². The predicted molar refractivity (Wildman–Crippen MR) is 431 cm³/mol. The van der Waals surface area contributed by atoms with Crippen LogP contribution in [0.2, 0.25) is 0 Å². The van der Waals surface area contributed by atoms with Crippen LogP contribution < -0.4 is 0 Å². The van der Waals surface area contributed by atoms with Gasteiger partial charge in [0.15, 0.2) is 0 Å². The number of cyclic esters (lactones) is 2. The average molecular weight is 1600 g/mol. The molecule has 0 spiro atoms. The molecule has 10 fully saturated rings. The standard InChI is InChI=1S/C25H37N.C24H31NO2.C24H35NO.C20H27F3O5S.2CO2/c1-5-14-24(3)19(6-2)9-10-20-22-12-11-21(18-8-7-16-26-17-18)25(22,4)15-13-23(20)24;1-23-11-13-27-22(26)14-17(23)5-6-18-20-8-7-19(16-4-3-12-25-15-16)24(20,2)10-9-21(18)23;1-4-18-7-8-19-21-10-9-20(17-6-5-14-25-16-17)24(21,3)12-11-22(19)23(18,2)13-15-26;1-18-9-10-27-17(24)11-12(18)3-4-13-14-5-6-16(19(14,2)8-7-15(13)18)28-29(25,26)20(21,22)23;2*2-1-3/h7-8,11,16-17,19-20,22-23H,5-6,9-10,12-15H2,1-4H3;3-4,7,12,15,17-18,20-21H,5-6,8-11,13-14H2,1-2H3;5-6,9,14,16,18-19,21-22,26H,4,7-8,10-13,15H2,1-3H3;6,12-15H,3-5,7-11H2,1-2H3;;/t19-,20+,22+,23+,24+,25-;17-,18-,20-,21-,23-,24+;18-,19+,21+,22+,23+,24-;12-,13-,14-,15-,18-,19-;;/m1010../s1. The molecule has 24 atom stereocenters. The van der Waals surface area contributed by atoms with Crippen molar-refractivity contribution in [3.8, 4) is 0 Å². The van der Waals surface area contributed by atoms with Crippen LogP contribution in [0.4, 0.5) is 13.2 Å². The molecule has 0 radical (unpaired) electrons. The first kappa shape index (κ1) is 86.9. The molecule has 2 aliphatic heterocycles. The molecule has 17 rings (SSSR count). The molecule has 0 aromatic carbocycles. The highest BCUT2D eigenvalue weighted by atomic mass is 32.2. The average Bonchev–Trinajstić information content (AvgIpc) is 1.46. The first-order chi connectivity index (χ1) is 54.3. The Morgan fingerprint density at radius 3 is 1.17 bits per heavy atom. The monoisotopic (exact) mass is 1590 g/mol. The number of nitrogens with zero attached hydrogens (tertiary/aromatic N) is 3. The summed E-state index contributed by atoms with van der Waals surface area (Å²) in [6, 6.07) is 13.0. The van der Waals surface area contributed by atoms with Gasteiger partial charge in [-0.2, -0.15) is 40.8 Å². The van der Waals surface area contributed by atoms with Crippen molar-refractivity contribution >= 4 is 51.1 Å². The van der Waals surface area contributed by atoms with Gasteiger partial charge in [-0.3, -0.25) is 24.5 Å². The van der Waals surface area contributed by atoms with Crippen LogP contribution in [-0.4, -0.2) is 78.0 Å². The van der Waals surface area contributed by atoms with Gasteiger partial charge in [0.2, 0.25) is 0 Å². The van der Waals surface area contributed by atoms with Crippen LogP contribution in [0, 0.1) is 138 Å². The molecule has 14 aliphatic rings. The Morgan fingerprint density at radius 2 is 0.816 bits per heavy atom. The van der Waals surface area contributed by atoms with Crippen LogP contribution in [0.25, 0.3) is 16.7 Å². The second-order valence-electron chi connectivity index (χ2n) is 39.1. The van der Waals surface area contributed by atoms with Gasteiger partial charge in [-0.25, -0.2) is 0 Å². The van der Waals surface area contributed by atoms with Crippen molar-refractivity contribution < 1.29 is 69.1 Å². The third-order valence-corrected chi connectivity index (χ3v) is 35.9. The van der Waals surface area contributed by atoms with Crippen molar-refractivity contribution in [3.05, 3.63) is 120 Å². The molecule has 0 unspecified atom stereocenters. The van der Waals surface area contributed by atoms with Crippen LogP contribution in [0.5, 0.6) is 0 Å². The van der Waals surface area contributed by atoms with Gasteiger partial charge in [0, 0.05) is 62.0 Å². The number of fused-ring (bicyclic) bond motifs is 16. The van der Waals surface area contributed by atoms with Gasteiger partial charge in [0.05, 0.1) is 13.2 Å². The lowest BCUT2D eigenvalue weighted by Crippen LogP contribution is -2.51. The highest BCUT2D eigenvalue weighted by molar-refractivity contribution is 7.87. The summed E-state index contributed by atoms with van der Waals surface area (Å²) >= 11 is 0. The van der Waals surface area contributed by atoms with E-state index in [2.05, 4.69) is 155 Å². The molecule has 5 heterocycles. The Labute approximate surface area is 677 Å². The smallest absolute Gasteiger partial charge is 0.466 e. The van der Waals surface area contributed by atoms with E-state index in [0.29, 0.717) is 79.0 Å². The number of alkyl halides is 3. The SMILES string of the molecule is CCC[C@@]1(C)[C@H](CC)CC[C@@H]2[C@@H]1CC[C@]1(C)C(c3cccnc3)=CC[C@@H]21.CC[C@@H]1CC[C@@H]2[C@H](CC[C@]3(C)C(c4cccnc4)=CC[C@@H]23)[C@@]1(C)CCO.C[C@]12CCOC(=O)C[C@@H]1CC[C@@H]1[C@@H]2CC[C@]2(C)C(OS(=O)(=O)C(F)(F)F)=CC[C@@H]12.C[C@]12CCOC(=O)C[C@@H]1CC[C@@H]1[C@@H]2CC[C@]2(C)C(c3cccnc3)=CC[C@@H]12.O=C=O.O=C=O. The fraction of sp³-hybridized carbons (Fsp3) is 0.716. The minimum absolute atomic E-state index is 0.0317. The lowest BCUT2D eigenvalue weighted by atomic mass is 9.46. The quantitative estimate of drug-likeness (QED) is 0.107. The van der Waals surface area contributed by atoms with Crippen molar-refractivity contribution in [2.75, 3.05) is 19.8 Å². The number of carbonyl (C=O) groups excluding carboxylic acids is 6. The molecule has 2 saturated heterocycles. The minimum atomic E-state index is -5.66. The molecule has 0 bridgehead atoms. The van der Waals surface area contributed by atoms with E-state index in [1.807, 2.05) is 31.7 Å². The number of pyridine rings is 3. The van der Waals surface area contributed by atoms with Crippen LogP contribution in [0.15, 0.2) is 104 Å². The summed E-state index contributed by atoms with van der Waals surface area (Å²) in [5.41, 5.74) is 4.65. The first-order valence-electron chi connectivity index (χ1n) is 43.8. The largest absolute Gasteiger partial charge is 0.534 e. The number of aliphatic hydroxyl groups excluding tert-OH is 1. The highest BCUT2D eigenvalue weighted by Crippen LogP contribution is 2.72. The summed E-state index contributed by atoms with van der Waals surface area (Å²) in [6.45, 7) is 27.9. The third kappa shape index (κ3) is 15.9. The second kappa shape index (κ2) is 34.9. The molecular formula is C95H130F3N3O12S. The number of esters is 2. The van der Waals surface area contributed by atoms with E-state index in [1.54, 1.807) is 17.2 Å². The topological polar surface area (TPSA) is 223 Å². The zero-order chi connectivity index (χ0) is 82.0. The summed E-state index contributed by atoms with van der Waals surface area (Å²) in [7, 11) is -5.66. The summed E-state index contributed by atoms with van der Waals surface area (Å²) in [5.74, 6) is 10.4. The molecule has 12 aliphatic carbocycles. The summed E-state index contributed by atoms with van der Waals surface area (Å²) in [6.07, 6.45) is 54.3. The Morgan fingerprint density at radius 1 is 0.474 bits per heavy atom. The molecule has 19 heteroatoms. The maximum Gasteiger partial charge on any atom is 0.534 e. The number of ether oxygens (including phenoxy) is 2. The molecule has 0 amide bonds. The maximum atomic E-state index is 12.8. The summed E-state index contributed by atoms with van der Waals surface area (Å²) < 4.78 is 77.1. The van der Waals surface area contributed by atoms with Crippen molar-refractivity contribution in [1.82, 2.24) is 15.0 Å². The van der Waals surface area contributed by atoms with Gasteiger partial charge >= 0.3 is 39.9 Å². The zero-order valence-corrected chi connectivity index (χ0v) is 70.7. The zero-order valence-electron chi connectivity index (χ0n) is 69.9. The van der Waals surface area contributed by atoms with Crippen molar-refractivity contribution in [3.63, 3.8) is 0 Å². The number of rotatable bonds is 11. The van der Waals surface area contributed by atoms with Gasteiger partial charge in [-0.05, 0) is 344 Å². The number of hydrogen-bond acceptors (Lipinski definition) is 15. The molecular weight excluding hydrogens is 1460 g/mol. The lowest BCUT2D eigenvalue weighted by Gasteiger charge is -2.59. The molecule has 3 aromatic heterocycles. The van der Waals surface area contributed by atoms with E-state index in [4.69, 9.17) is 28.7 Å². The summed E-state index contributed by atoms with van der Waals surface area (Å²) in [5, 5.41) is 9.80. The highest BCUT2D eigenvalue weighted by Gasteiger charge is 2.64. The number of aromatic nitrogens is 3. The molecule has 3 aromatic rings. The normalized spacial score (nSPS) is 40.5. The van der Waals surface area contributed by atoms with E-state index >= 15 is 0 Å². The number of hydrogen-bond donors (Lipinski definition) is 1. The first-order valence-corrected chi connectivity index (χ1v) is 45.2. The molecule has 624 valence electrons. The van der Waals surface area contributed by atoms with Crippen molar-refractivity contribution in [1.29, 1.82) is 0 Å². The Bertz CT molecular complexity index is 4050.